The number of nitrogens with zero attached hydrogens (tertiary/aromatic N) is 5. The third kappa shape index (κ3) is 3.60. The highest BCUT2D eigenvalue weighted by atomic mass is 32.2. The van der Waals surface area contributed by atoms with E-state index in [2.05, 4.69) is 19.6 Å². The van der Waals surface area contributed by atoms with Crippen LogP contribution in [0.1, 0.15) is 44.5 Å². The third-order valence-electron chi connectivity index (χ3n) is 5.34. The number of hydrogen-bond acceptors (Lipinski definition) is 6. The summed E-state index contributed by atoms with van der Waals surface area (Å²) in [6, 6.07) is 5.75. The number of furan rings is 1. The fourth-order valence-electron chi connectivity index (χ4n) is 3.39. The number of hydrogen-bond donors (Lipinski definition) is 0. The number of carbonyl (C=O) groups is 1. The molecule has 7 nitrogen and oxygen atoms in total. The Bertz CT molecular complexity index is 1200. The second-order valence-corrected chi connectivity index (χ2v) is 8.12. The number of aryl methyl sites for hydroxylation is 3. The van der Waals surface area contributed by atoms with E-state index in [1.807, 2.05) is 52.8 Å². The zero-order valence-electron chi connectivity index (χ0n) is 17.2. The Morgan fingerprint density at radius 1 is 1.14 bits per heavy atom. The normalized spacial score (nSPS) is 11.5. The van der Waals surface area contributed by atoms with Crippen LogP contribution in [0.25, 0.3) is 5.78 Å². The topological polar surface area (TPSA) is 78.2 Å². The van der Waals surface area contributed by atoms with Crippen LogP contribution in [0.3, 0.4) is 0 Å². The molecule has 0 saturated carbocycles. The van der Waals surface area contributed by atoms with Gasteiger partial charge in [-0.25, -0.2) is 9.50 Å². The molecular formula is C21H23N5O2S. The lowest BCUT2D eigenvalue weighted by Crippen LogP contribution is -2.07. The fourth-order valence-corrected chi connectivity index (χ4v) is 4.09. The van der Waals surface area contributed by atoms with E-state index in [-0.39, 0.29) is 11.5 Å². The molecule has 0 aliphatic heterocycles. The number of carbonyl (C=O) groups excluding carboxylic acids is 1. The predicted molar refractivity (Wildman–Crippen MR) is 112 cm³/mol. The maximum atomic E-state index is 12.9. The van der Waals surface area contributed by atoms with Crippen LogP contribution < -0.4 is 0 Å². The van der Waals surface area contributed by atoms with Crippen molar-refractivity contribution in [2.24, 2.45) is 0 Å². The summed E-state index contributed by atoms with van der Waals surface area (Å²) in [5, 5.41) is 5.07. The van der Waals surface area contributed by atoms with E-state index in [0.29, 0.717) is 17.5 Å². The highest BCUT2D eigenvalue weighted by Gasteiger charge is 2.18. The van der Waals surface area contributed by atoms with Gasteiger partial charge in [-0.05, 0) is 58.4 Å². The fraction of sp³-hybridized carbons (Fsp3) is 0.333. The summed E-state index contributed by atoms with van der Waals surface area (Å²) < 4.78 is 9.28. The maximum Gasteiger partial charge on any atom is 0.253 e. The monoisotopic (exact) mass is 409 g/mol. The first-order valence-corrected chi connectivity index (χ1v) is 10.4. The van der Waals surface area contributed by atoms with Crippen molar-refractivity contribution >= 4 is 23.3 Å². The molecule has 0 spiro atoms. The van der Waals surface area contributed by atoms with E-state index >= 15 is 0 Å². The van der Waals surface area contributed by atoms with Crippen molar-refractivity contribution in [3.05, 3.63) is 64.1 Å². The summed E-state index contributed by atoms with van der Waals surface area (Å²) in [6.07, 6.45) is 1.66. The van der Waals surface area contributed by atoms with E-state index in [4.69, 9.17) is 4.42 Å². The molecule has 29 heavy (non-hydrogen) atoms. The van der Waals surface area contributed by atoms with Crippen molar-refractivity contribution in [1.82, 2.24) is 24.1 Å². The quantitative estimate of drug-likeness (QED) is 0.353. The molecule has 8 heteroatoms. The lowest BCUT2D eigenvalue weighted by molar-refractivity contribution is 0.102. The average molecular weight is 410 g/mol. The first-order valence-electron chi connectivity index (χ1n) is 9.41. The summed E-state index contributed by atoms with van der Waals surface area (Å²) in [6.45, 7) is 10.6. The Morgan fingerprint density at radius 2 is 1.93 bits per heavy atom. The Balaban J connectivity index is 1.52. The van der Waals surface area contributed by atoms with Gasteiger partial charge in [0.15, 0.2) is 5.78 Å². The van der Waals surface area contributed by atoms with Crippen molar-refractivity contribution in [3.63, 3.8) is 0 Å². The second-order valence-electron chi connectivity index (χ2n) is 7.18. The van der Waals surface area contributed by atoms with Crippen LogP contribution in [0, 0.1) is 34.6 Å². The zero-order chi connectivity index (χ0) is 20.7. The van der Waals surface area contributed by atoms with Crippen molar-refractivity contribution in [1.29, 1.82) is 0 Å². The molecule has 0 radical (unpaired) electrons. The lowest BCUT2D eigenvalue weighted by Gasteiger charge is -2.07. The first kappa shape index (κ1) is 19.4. The van der Waals surface area contributed by atoms with Crippen molar-refractivity contribution in [2.45, 2.75) is 46.3 Å². The van der Waals surface area contributed by atoms with Crippen LogP contribution in [-0.2, 0) is 6.54 Å². The molecule has 0 aliphatic rings. The second kappa shape index (κ2) is 7.51. The van der Waals surface area contributed by atoms with Crippen LogP contribution in [-0.4, -0.2) is 35.7 Å². The minimum atomic E-state index is 0.0599. The van der Waals surface area contributed by atoms with E-state index in [9.17, 15) is 4.79 Å². The van der Waals surface area contributed by atoms with Crippen molar-refractivity contribution in [3.8, 4) is 0 Å². The van der Waals surface area contributed by atoms with Gasteiger partial charge < -0.3 is 8.98 Å². The number of rotatable bonds is 6. The van der Waals surface area contributed by atoms with E-state index in [1.54, 1.807) is 10.8 Å². The van der Waals surface area contributed by atoms with Gasteiger partial charge >= 0.3 is 0 Å². The minimum absolute atomic E-state index is 0.0599. The minimum Gasteiger partial charge on any atom is -0.467 e. The van der Waals surface area contributed by atoms with Gasteiger partial charge in [0.1, 0.15) is 5.76 Å². The van der Waals surface area contributed by atoms with Gasteiger partial charge in [0, 0.05) is 28.3 Å². The zero-order valence-corrected chi connectivity index (χ0v) is 18.0. The molecule has 0 unspecified atom stereocenters. The van der Waals surface area contributed by atoms with Gasteiger partial charge in [-0.1, -0.05) is 11.8 Å². The molecular weight excluding hydrogens is 386 g/mol. The molecule has 0 aliphatic carbocycles. The van der Waals surface area contributed by atoms with Crippen molar-refractivity contribution < 1.29 is 9.21 Å². The smallest absolute Gasteiger partial charge is 0.253 e. The van der Waals surface area contributed by atoms with E-state index < -0.39 is 0 Å². The number of thioether (sulfide) groups is 1. The summed E-state index contributed by atoms with van der Waals surface area (Å²) in [5.41, 5.74) is 5.75. The van der Waals surface area contributed by atoms with Crippen LogP contribution in [0.5, 0.6) is 0 Å². The largest absolute Gasteiger partial charge is 0.467 e. The van der Waals surface area contributed by atoms with Gasteiger partial charge in [0.25, 0.3) is 5.78 Å². The predicted octanol–water partition coefficient (Wildman–Crippen LogP) is 4.08. The standard InChI is InChI=1S/C21H23N5O2S/c1-12-9-18(16(5)25(12)10-17-7-6-8-28-17)19(27)11-29-21-23-20-22-14(3)13(2)15(4)26(20)24-21/h6-9H,10-11H2,1-5H3. The average Bonchev–Trinajstić information content (AvgIpc) is 3.41. The molecule has 4 rings (SSSR count). The Labute approximate surface area is 173 Å². The molecule has 150 valence electrons. The van der Waals surface area contributed by atoms with Gasteiger partial charge in [0.05, 0.1) is 18.6 Å². The number of Topliss-reactive ketones (excluding diaryl/α,β-unsaturated/α-hetero) is 1. The summed E-state index contributed by atoms with van der Waals surface area (Å²) in [4.78, 5) is 21.8. The molecule has 4 aromatic heterocycles. The van der Waals surface area contributed by atoms with Crippen LogP contribution in [0.2, 0.25) is 0 Å². The molecule has 0 bridgehead atoms. The van der Waals surface area contributed by atoms with E-state index in [0.717, 1.165) is 39.7 Å². The third-order valence-corrected chi connectivity index (χ3v) is 6.18. The Morgan fingerprint density at radius 3 is 2.66 bits per heavy atom. The molecule has 0 aromatic carbocycles. The molecule has 4 heterocycles. The molecule has 0 N–H and O–H groups in total. The number of fused-ring (bicyclic) bond motifs is 1. The number of ketones is 1. The van der Waals surface area contributed by atoms with Gasteiger partial charge in [-0.2, -0.15) is 4.98 Å². The summed E-state index contributed by atoms with van der Waals surface area (Å²) in [7, 11) is 0. The first-order chi connectivity index (χ1) is 13.8. The molecule has 0 amide bonds. The van der Waals surface area contributed by atoms with Crippen LogP contribution in [0.15, 0.2) is 34.0 Å². The number of aromatic nitrogens is 5. The summed E-state index contributed by atoms with van der Waals surface area (Å²) in [5.74, 6) is 1.77. The van der Waals surface area contributed by atoms with Crippen LogP contribution in [0.4, 0.5) is 0 Å². The van der Waals surface area contributed by atoms with Gasteiger partial charge in [-0.15, -0.1) is 5.10 Å². The Hall–Kier alpha value is -2.87. The maximum absolute atomic E-state index is 12.9. The molecule has 0 saturated heterocycles. The van der Waals surface area contributed by atoms with Crippen molar-refractivity contribution in [2.75, 3.05) is 5.75 Å². The Kier molecular flexibility index (Phi) is 5.04. The van der Waals surface area contributed by atoms with E-state index in [1.165, 1.54) is 11.8 Å². The SMILES string of the molecule is Cc1nc2nc(SCC(=O)c3cc(C)n(Cc4ccco4)c3C)nn2c(C)c1C. The molecule has 4 aromatic rings. The van der Waals surface area contributed by atoms with Gasteiger partial charge in [-0.3, -0.25) is 4.79 Å². The highest BCUT2D eigenvalue weighted by Crippen LogP contribution is 2.22. The van der Waals surface area contributed by atoms with Gasteiger partial charge in [0.2, 0.25) is 5.16 Å². The highest BCUT2D eigenvalue weighted by molar-refractivity contribution is 7.99. The van der Waals surface area contributed by atoms with Crippen LogP contribution >= 0.6 is 11.8 Å². The lowest BCUT2D eigenvalue weighted by atomic mass is 10.2. The molecule has 0 fully saturated rings. The molecule has 0 atom stereocenters. The summed E-state index contributed by atoms with van der Waals surface area (Å²) >= 11 is 1.34.